The molecule has 1 saturated heterocycles. The van der Waals surface area contributed by atoms with Gasteiger partial charge in [-0.2, -0.15) is 0 Å². The van der Waals surface area contributed by atoms with E-state index in [0.717, 1.165) is 18.4 Å². The second kappa shape index (κ2) is 4.83. The van der Waals surface area contributed by atoms with E-state index in [0.29, 0.717) is 6.04 Å². The van der Waals surface area contributed by atoms with E-state index in [4.69, 9.17) is 0 Å². The lowest BCUT2D eigenvalue weighted by Crippen LogP contribution is -2.48. The van der Waals surface area contributed by atoms with Gasteiger partial charge in [0.2, 0.25) is 0 Å². The van der Waals surface area contributed by atoms with Crippen LogP contribution in [-0.4, -0.2) is 26.2 Å². The van der Waals surface area contributed by atoms with E-state index in [-0.39, 0.29) is 0 Å². The first-order valence-electron chi connectivity index (χ1n) is 5.13. The van der Waals surface area contributed by atoms with Crippen molar-refractivity contribution in [2.24, 2.45) is 11.8 Å². The molecule has 1 heterocycles. The molecule has 2 unspecified atom stereocenters. The van der Waals surface area contributed by atoms with Crippen LogP contribution < -0.4 is 10.6 Å². The van der Waals surface area contributed by atoms with Gasteiger partial charge in [-0.1, -0.05) is 13.8 Å². The lowest BCUT2D eigenvalue weighted by Gasteiger charge is -2.35. The van der Waals surface area contributed by atoms with Crippen LogP contribution in [0.15, 0.2) is 0 Å². The van der Waals surface area contributed by atoms with Gasteiger partial charge in [0.05, 0.1) is 0 Å². The Labute approximate surface area is 76.1 Å². The van der Waals surface area contributed by atoms with E-state index in [1.165, 1.54) is 19.4 Å². The van der Waals surface area contributed by atoms with E-state index < -0.39 is 0 Å². The van der Waals surface area contributed by atoms with Gasteiger partial charge in [-0.3, -0.25) is 0 Å². The quantitative estimate of drug-likeness (QED) is 0.665. The smallest absolute Gasteiger partial charge is 0.0223 e. The minimum Gasteiger partial charge on any atom is -0.318 e. The molecular formula is C10H22N2. The largest absolute Gasteiger partial charge is 0.318 e. The normalized spacial score (nSPS) is 31.0. The molecule has 0 amide bonds. The molecule has 0 aromatic carbocycles. The van der Waals surface area contributed by atoms with Crippen LogP contribution in [0.1, 0.15) is 26.7 Å². The maximum absolute atomic E-state index is 3.59. The molecule has 1 rings (SSSR count). The van der Waals surface area contributed by atoms with Gasteiger partial charge in [-0.15, -0.1) is 0 Å². The van der Waals surface area contributed by atoms with Crippen LogP contribution in [0.2, 0.25) is 0 Å². The highest BCUT2D eigenvalue weighted by atomic mass is 15.0. The molecule has 0 saturated carbocycles. The number of hydrogen-bond acceptors (Lipinski definition) is 2. The summed E-state index contributed by atoms with van der Waals surface area (Å²) in [5.74, 6) is 1.68. The fourth-order valence-corrected chi connectivity index (χ4v) is 2.22. The fourth-order valence-electron chi connectivity index (χ4n) is 2.22. The summed E-state index contributed by atoms with van der Waals surface area (Å²) in [7, 11) is 2.04. The highest BCUT2D eigenvalue weighted by Crippen LogP contribution is 2.23. The summed E-state index contributed by atoms with van der Waals surface area (Å²) in [5.41, 5.74) is 0. The molecular weight excluding hydrogens is 148 g/mol. The summed E-state index contributed by atoms with van der Waals surface area (Å²) in [5, 5.41) is 6.85. The van der Waals surface area contributed by atoms with Crippen molar-refractivity contribution in [2.75, 3.05) is 20.1 Å². The second-order valence-electron chi connectivity index (χ2n) is 4.17. The Kier molecular flexibility index (Phi) is 4.02. The molecule has 2 atom stereocenters. The van der Waals surface area contributed by atoms with Gasteiger partial charge in [-0.25, -0.2) is 0 Å². The van der Waals surface area contributed by atoms with Crippen LogP contribution in [0.3, 0.4) is 0 Å². The minimum atomic E-state index is 0.698. The zero-order valence-corrected chi connectivity index (χ0v) is 8.56. The lowest BCUT2D eigenvalue weighted by atomic mass is 9.82. The van der Waals surface area contributed by atoms with Crippen LogP contribution in [0.4, 0.5) is 0 Å². The van der Waals surface area contributed by atoms with Crippen LogP contribution in [-0.2, 0) is 0 Å². The first-order chi connectivity index (χ1) is 5.75. The summed E-state index contributed by atoms with van der Waals surface area (Å²) >= 11 is 0. The highest BCUT2D eigenvalue weighted by Gasteiger charge is 2.25. The molecule has 2 heteroatoms. The number of likely N-dealkylation sites (N-methyl/N-ethyl adjacent to an activating group) is 1. The van der Waals surface area contributed by atoms with Gasteiger partial charge < -0.3 is 10.6 Å². The lowest BCUT2D eigenvalue weighted by molar-refractivity contribution is 0.216. The van der Waals surface area contributed by atoms with Crippen LogP contribution in [0.5, 0.6) is 0 Å². The van der Waals surface area contributed by atoms with Crippen molar-refractivity contribution in [3.8, 4) is 0 Å². The zero-order valence-electron chi connectivity index (χ0n) is 8.56. The predicted octanol–water partition coefficient (Wildman–Crippen LogP) is 1.23. The molecule has 1 aliphatic rings. The summed E-state index contributed by atoms with van der Waals surface area (Å²) in [6, 6.07) is 0.698. The minimum absolute atomic E-state index is 0.698. The predicted molar refractivity (Wildman–Crippen MR) is 53.3 cm³/mol. The Morgan fingerprint density at radius 2 is 2.25 bits per heavy atom. The van der Waals surface area contributed by atoms with Crippen molar-refractivity contribution in [1.29, 1.82) is 0 Å². The first kappa shape index (κ1) is 10.0. The summed E-state index contributed by atoms with van der Waals surface area (Å²) in [4.78, 5) is 0. The van der Waals surface area contributed by atoms with Gasteiger partial charge in [0, 0.05) is 12.6 Å². The first-order valence-corrected chi connectivity index (χ1v) is 5.13. The molecule has 0 spiro atoms. The van der Waals surface area contributed by atoms with E-state index >= 15 is 0 Å². The molecule has 1 fully saturated rings. The third kappa shape index (κ3) is 2.46. The maximum atomic E-state index is 3.59. The average molecular weight is 170 g/mol. The maximum Gasteiger partial charge on any atom is 0.0223 e. The Bertz CT molecular complexity index is 121. The summed E-state index contributed by atoms with van der Waals surface area (Å²) < 4.78 is 0. The second-order valence-corrected chi connectivity index (χ2v) is 4.17. The Morgan fingerprint density at radius 1 is 1.50 bits per heavy atom. The van der Waals surface area contributed by atoms with Crippen LogP contribution >= 0.6 is 0 Å². The number of nitrogens with one attached hydrogen (secondary N) is 2. The molecule has 1 aliphatic heterocycles. The Morgan fingerprint density at radius 3 is 2.83 bits per heavy atom. The summed E-state index contributed by atoms with van der Waals surface area (Å²) in [6.07, 6.45) is 2.75. The van der Waals surface area contributed by atoms with E-state index in [1.807, 2.05) is 7.05 Å². The van der Waals surface area contributed by atoms with E-state index in [9.17, 15) is 0 Å². The third-order valence-electron chi connectivity index (χ3n) is 2.92. The van der Waals surface area contributed by atoms with Gasteiger partial charge in [0.25, 0.3) is 0 Å². The highest BCUT2D eigenvalue weighted by molar-refractivity contribution is 4.84. The van der Waals surface area contributed by atoms with Crippen molar-refractivity contribution in [3.05, 3.63) is 0 Å². The van der Waals surface area contributed by atoms with E-state index in [1.54, 1.807) is 0 Å². The third-order valence-corrected chi connectivity index (χ3v) is 2.92. The van der Waals surface area contributed by atoms with Crippen molar-refractivity contribution in [1.82, 2.24) is 10.6 Å². The molecule has 0 radical (unpaired) electrons. The van der Waals surface area contributed by atoms with Crippen molar-refractivity contribution < 1.29 is 0 Å². The van der Waals surface area contributed by atoms with Gasteiger partial charge in [0.1, 0.15) is 0 Å². The Hall–Kier alpha value is -0.0800. The molecule has 12 heavy (non-hydrogen) atoms. The Balaban J connectivity index is 2.42. The molecule has 0 aromatic rings. The molecule has 2 nitrogen and oxygen atoms in total. The van der Waals surface area contributed by atoms with Crippen molar-refractivity contribution >= 4 is 0 Å². The standard InChI is InChI=1S/C10H22N2/c1-8(2)9-5-4-6-12-10(9)7-11-3/h8-12H,4-7H2,1-3H3. The monoisotopic (exact) mass is 170 g/mol. The molecule has 72 valence electrons. The molecule has 0 aliphatic carbocycles. The molecule has 0 bridgehead atoms. The topological polar surface area (TPSA) is 24.1 Å². The average Bonchev–Trinajstić information content (AvgIpc) is 2.05. The van der Waals surface area contributed by atoms with Gasteiger partial charge in [-0.05, 0) is 38.3 Å². The fraction of sp³-hybridized carbons (Fsp3) is 1.00. The zero-order chi connectivity index (χ0) is 8.97. The van der Waals surface area contributed by atoms with E-state index in [2.05, 4.69) is 24.5 Å². The SMILES string of the molecule is CNCC1NCCCC1C(C)C. The van der Waals surface area contributed by atoms with Crippen molar-refractivity contribution in [3.63, 3.8) is 0 Å². The summed E-state index contributed by atoms with van der Waals surface area (Å²) in [6.45, 7) is 6.99. The molecule has 0 aromatic heterocycles. The van der Waals surface area contributed by atoms with Crippen LogP contribution in [0.25, 0.3) is 0 Å². The van der Waals surface area contributed by atoms with Gasteiger partial charge in [0.15, 0.2) is 0 Å². The number of hydrogen-bond donors (Lipinski definition) is 2. The number of rotatable bonds is 3. The van der Waals surface area contributed by atoms with Crippen molar-refractivity contribution in [2.45, 2.75) is 32.7 Å². The number of piperidine rings is 1. The van der Waals surface area contributed by atoms with Crippen LogP contribution in [0, 0.1) is 11.8 Å². The van der Waals surface area contributed by atoms with Gasteiger partial charge >= 0.3 is 0 Å². The molecule has 2 N–H and O–H groups in total.